The maximum absolute atomic E-state index is 11.6. The highest BCUT2D eigenvalue weighted by Gasteiger charge is 2.20. The van der Waals surface area contributed by atoms with Crippen molar-refractivity contribution in [2.75, 3.05) is 5.01 Å². The van der Waals surface area contributed by atoms with Crippen molar-refractivity contribution in [3.05, 3.63) is 66.0 Å². The normalized spacial score (nSPS) is 12.1. The molecule has 0 bridgehead atoms. The van der Waals surface area contributed by atoms with Gasteiger partial charge in [-0.05, 0) is 24.1 Å². The number of carbonyl (C=O) groups is 1. The molecule has 3 rings (SSSR count). The number of para-hydroxylation sites is 1. The Labute approximate surface area is 140 Å². The van der Waals surface area contributed by atoms with E-state index in [4.69, 9.17) is 11.6 Å². The highest BCUT2D eigenvalue weighted by molar-refractivity contribution is 6.06. The van der Waals surface area contributed by atoms with Gasteiger partial charge in [-0.25, -0.2) is 15.8 Å². The summed E-state index contributed by atoms with van der Waals surface area (Å²) in [6.45, 7) is 2.07. The van der Waals surface area contributed by atoms with Gasteiger partial charge in [-0.2, -0.15) is 0 Å². The molecule has 0 aliphatic heterocycles. The summed E-state index contributed by atoms with van der Waals surface area (Å²) in [5, 5.41) is 2.33. The summed E-state index contributed by atoms with van der Waals surface area (Å²) in [7, 11) is 0. The number of hydrogen-bond donors (Lipinski definition) is 2. The molecule has 0 spiro atoms. The van der Waals surface area contributed by atoms with Gasteiger partial charge in [0.2, 0.25) is 0 Å². The zero-order valence-corrected chi connectivity index (χ0v) is 13.4. The van der Waals surface area contributed by atoms with Gasteiger partial charge in [0.1, 0.15) is 6.33 Å². The number of hydrogen-bond acceptors (Lipinski definition) is 5. The van der Waals surface area contributed by atoms with Crippen LogP contribution < -0.4 is 16.6 Å². The van der Waals surface area contributed by atoms with E-state index < -0.39 is 5.91 Å². The Kier molecular flexibility index (Phi) is 4.39. The minimum atomic E-state index is -0.524. The number of rotatable bonds is 5. The third kappa shape index (κ3) is 2.79. The first-order valence-corrected chi connectivity index (χ1v) is 7.76. The van der Waals surface area contributed by atoms with Crippen LogP contribution in [0.4, 0.5) is 5.82 Å². The van der Waals surface area contributed by atoms with Crippen LogP contribution in [0.15, 0.2) is 54.9 Å². The second-order valence-electron chi connectivity index (χ2n) is 5.51. The molecule has 0 fully saturated rings. The fourth-order valence-corrected chi connectivity index (χ4v) is 2.89. The number of hydrazine groups is 1. The van der Waals surface area contributed by atoms with Gasteiger partial charge >= 0.3 is 0 Å². The smallest absolute Gasteiger partial charge is 0.250 e. The Morgan fingerprint density at radius 1 is 1.12 bits per heavy atom. The standard InChI is InChI=1S/C18H19N5O/c1-2-15(12-7-4-3-5-8-12)23(20)18-14-10-6-9-13(17(19)24)16(14)21-11-22-18/h3-11,15H,2,20H2,1H3,(H2,19,24). The van der Waals surface area contributed by atoms with E-state index in [0.29, 0.717) is 22.3 Å². The Hall–Kier alpha value is -2.99. The van der Waals surface area contributed by atoms with Gasteiger partial charge in [0, 0.05) is 5.39 Å². The summed E-state index contributed by atoms with van der Waals surface area (Å²) >= 11 is 0. The number of amides is 1. The lowest BCUT2D eigenvalue weighted by Gasteiger charge is -2.28. The van der Waals surface area contributed by atoms with E-state index in [1.165, 1.54) is 6.33 Å². The van der Waals surface area contributed by atoms with Crippen LogP contribution >= 0.6 is 0 Å². The van der Waals surface area contributed by atoms with E-state index >= 15 is 0 Å². The number of fused-ring (bicyclic) bond motifs is 1. The van der Waals surface area contributed by atoms with Crippen molar-refractivity contribution in [2.45, 2.75) is 19.4 Å². The first-order chi connectivity index (χ1) is 11.6. The van der Waals surface area contributed by atoms with Gasteiger partial charge in [0.25, 0.3) is 5.91 Å². The van der Waals surface area contributed by atoms with Gasteiger partial charge in [0.15, 0.2) is 5.82 Å². The number of primary amides is 1. The van der Waals surface area contributed by atoms with Crippen molar-refractivity contribution in [2.24, 2.45) is 11.6 Å². The molecule has 3 aromatic rings. The molecule has 1 unspecified atom stereocenters. The summed E-state index contributed by atoms with van der Waals surface area (Å²) in [5.41, 5.74) is 7.40. The third-order valence-corrected chi connectivity index (χ3v) is 4.06. The summed E-state index contributed by atoms with van der Waals surface area (Å²) in [5.74, 6) is 6.45. The van der Waals surface area contributed by atoms with Crippen molar-refractivity contribution in [3.63, 3.8) is 0 Å². The number of nitrogens with zero attached hydrogens (tertiary/aromatic N) is 3. The SMILES string of the molecule is CCC(c1ccccc1)N(N)c1ncnc2c(C(N)=O)cccc12. The molecule has 1 aromatic heterocycles. The lowest BCUT2D eigenvalue weighted by Crippen LogP contribution is -2.36. The second-order valence-corrected chi connectivity index (χ2v) is 5.51. The molecule has 6 nitrogen and oxygen atoms in total. The third-order valence-electron chi connectivity index (χ3n) is 4.06. The van der Waals surface area contributed by atoms with Crippen LogP contribution in [0.25, 0.3) is 10.9 Å². The summed E-state index contributed by atoms with van der Waals surface area (Å²) in [4.78, 5) is 20.2. The van der Waals surface area contributed by atoms with E-state index in [-0.39, 0.29) is 6.04 Å². The molecule has 0 saturated carbocycles. The number of anilines is 1. The zero-order chi connectivity index (χ0) is 17.1. The molecular formula is C18H19N5O. The van der Waals surface area contributed by atoms with Crippen molar-refractivity contribution >= 4 is 22.6 Å². The Balaban J connectivity index is 2.11. The summed E-state index contributed by atoms with van der Waals surface area (Å²) in [6, 6.07) is 15.2. The fraction of sp³-hybridized carbons (Fsp3) is 0.167. The number of aromatic nitrogens is 2. The lowest BCUT2D eigenvalue weighted by molar-refractivity contribution is 0.100. The van der Waals surface area contributed by atoms with Crippen molar-refractivity contribution in [1.29, 1.82) is 0 Å². The van der Waals surface area contributed by atoms with Crippen LogP contribution in [0.5, 0.6) is 0 Å². The van der Waals surface area contributed by atoms with E-state index in [1.54, 1.807) is 17.1 Å². The molecule has 1 atom stereocenters. The number of carbonyl (C=O) groups excluding carboxylic acids is 1. The molecule has 0 saturated heterocycles. The molecular weight excluding hydrogens is 302 g/mol. The first kappa shape index (κ1) is 15.9. The van der Waals surface area contributed by atoms with E-state index in [0.717, 1.165) is 12.0 Å². The van der Waals surface area contributed by atoms with E-state index in [9.17, 15) is 4.79 Å². The van der Waals surface area contributed by atoms with Gasteiger partial charge in [0.05, 0.1) is 17.1 Å². The zero-order valence-electron chi connectivity index (χ0n) is 13.4. The Bertz CT molecular complexity index is 866. The molecule has 24 heavy (non-hydrogen) atoms. The van der Waals surface area contributed by atoms with E-state index in [2.05, 4.69) is 16.9 Å². The maximum atomic E-state index is 11.6. The minimum absolute atomic E-state index is 0.0402. The average Bonchev–Trinajstić information content (AvgIpc) is 2.62. The fourth-order valence-electron chi connectivity index (χ4n) is 2.89. The van der Waals surface area contributed by atoms with Gasteiger partial charge in [-0.1, -0.05) is 43.3 Å². The molecule has 4 N–H and O–H groups in total. The lowest BCUT2D eigenvalue weighted by atomic mass is 10.0. The molecule has 1 amide bonds. The average molecular weight is 321 g/mol. The second kappa shape index (κ2) is 6.64. The first-order valence-electron chi connectivity index (χ1n) is 7.76. The van der Waals surface area contributed by atoms with Gasteiger partial charge in [-0.15, -0.1) is 0 Å². The van der Waals surface area contributed by atoms with E-state index in [1.807, 2.05) is 36.4 Å². The predicted molar refractivity (Wildman–Crippen MR) is 94.2 cm³/mol. The molecule has 0 aliphatic carbocycles. The quantitative estimate of drug-likeness (QED) is 0.556. The number of benzene rings is 2. The monoisotopic (exact) mass is 321 g/mol. The summed E-state index contributed by atoms with van der Waals surface area (Å²) < 4.78 is 0. The van der Waals surface area contributed by atoms with Crippen LogP contribution in [0.1, 0.15) is 35.3 Å². The molecule has 6 heteroatoms. The predicted octanol–water partition coefficient (Wildman–Crippen LogP) is 2.56. The van der Waals surface area contributed by atoms with Gasteiger partial charge < -0.3 is 5.73 Å². The van der Waals surface area contributed by atoms with Crippen molar-refractivity contribution in [3.8, 4) is 0 Å². The van der Waals surface area contributed by atoms with Crippen LogP contribution in [0, 0.1) is 0 Å². The van der Waals surface area contributed by atoms with Crippen LogP contribution in [0.2, 0.25) is 0 Å². The Morgan fingerprint density at radius 2 is 1.88 bits per heavy atom. The van der Waals surface area contributed by atoms with Crippen molar-refractivity contribution < 1.29 is 4.79 Å². The molecule has 1 heterocycles. The van der Waals surface area contributed by atoms with Crippen LogP contribution in [-0.4, -0.2) is 15.9 Å². The van der Waals surface area contributed by atoms with Crippen LogP contribution in [-0.2, 0) is 0 Å². The van der Waals surface area contributed by atoms with Gasteiger partial charge in [-0.3, -0.25) is 9.80 Å². The van der Waals surface area contributed by atoms with Crippen molar-refractivity contribution in [1.82, 2.24) is 9.97 Å². The summed E-state index contributed by atoms with van der Waals surface area (Å²) in [6.07, 6.45) is 2.21. The highest BCUT2D eigenvalue weighted by Crippen LogP contribution is 2.30. The number of nitrogens with two attached hydrogens (primary N) is 2. The van der Waals surface area contributed by atoms with Crippen LogP contribution in [0.3, 0.4) is 0 Å². The Morgan fingerprint density at radius 3 is 2.54 bits per heavy atom. The molecule has 0 aliphatic rings. The molecule has 122 valence electrons. The largest absolute Gasteiger partial charge is 0.366 e. The topological polar surface area (TPSA) is 98.1 Å². The minimum Gasteiger partial charge on any atom is -0.366 e. The molecule has 0 radical (unpaired) electrons. The highest BCUT2D eigenvalue weighted by atomic mass is 16.1. The maximum Gasteiger partial charge on any atom is 0.250 e. The molecule has 2 aromatic carbocycles.